The summed E-state index contributed by atoms with van der Waals surface area (Å²) in [6.07, 6.45) is 4.69. The first-order chi connectivity index (χ1) is 19.0. The fraction of sp³-hybridized carbons (Fsp3) is 0.414. The number of carbonyl (C=O) groups excluding carboxylic acids is 1. The second-order valence-electron chi connectivity index (χ2n) is 10.3. The lowest BCUT2D eigenvalue weighted by Crippen LogP contribution is -2.53. The van der Waals surface area contributed by atoms with Crippen molar-refractivity contribution in [3.8, 4) is 11.8 Å². The molecule has 39 heavy (non-hydrogen) atoms. The molecule has 2 aliphatic rings. The van der Waals surface area contributed by atoms with Gasteiger partial charge in [-0.2, -0.15) is 9.97 Å². The van der Waals surface area contributed by atoms with E-state index in [0.29, 0.717) is 38.8 Å². The lowest BCUT2D eigenvalue weighted by molar-refractivity contribution is -0.104. The summed E-state index contributed by atoms with van der Waals surface area (Å²) in [7, 11) is 3.99. The van der Waals surface area contributed by atoms with E-state index < -0.39 is 0 Å². The van der Waals surface area contributed by atoms with Crippen LogP contribution in [0.15, 0.2) is 48.7 Å². The van der Waals surface area contributed by atoms with Crippen molar-refractivity contribution in [1.29, 1.82) is 0 Å². The van der Waals surface area contributed by atoms with Crippen molar-refractivity contribution in [1.82, 2.24) is 19.8 Å². The van der Waals surface area contributed by atoms with Crippen LogP contribution in [0, 0.1) is 0 Å². The first kappa shape index (κ1) is 26.7. The standard InChI is InChI=1S/C29H36N6O4/c1-32(2)13-15-39-29-30-26-19-34(27-17-23(38)16-21-6-3-4-7-24(21)27)10-8-25(26)28(31-29)35-12-11-33(9-5-14-36)22(18-35)20-37/h3-7,9,14,16-17,22,37-38H,8,10-13,15,18-20H2,1-2H3/t22-/m0/s1. The Morgan fingerprint density at radius 2 is 1.97 bits per heavy atom. The zero-order valence-corrected chi connectivity index (χ0v) is 22.5. The van der Waals surface area contributed by atoms with Crippen LogP contribution in [0.4, 0.5) is 11.5 Å². The molecule has 1 saturated heterocycles. The number of phenols is 1. The summed E-state index contributed by atoms with van der Waals surface area (Å²) >= 11 is 0. The van der Waals surface area contributed by atoms with Gasteiger partial charge in [0.05, 0.1) is 24.9 Å². The molecule has 0 bridgehead atoms. The average molecular weight is 533 g/mol. The lowest BCUT2D eigenvalue weighted by Gasteiger charge is -2.42. The van der Waals surface area contributed by atoms with Crippen LogP contribution in [0.25, 0.3) is 10.8 Å². The Kier molecular flexibility index (Phi) is 8.13. The number of phenolic OH excluding ortho intramolecular Hbond substituents is 1. The largest absolute Gasteiger partial charge is 0.508 e. The first-order valence-corrected chi connectivity index (χ1v) is 13.3. The number of aliphatic hydroxyl groups is 1. The highest BCUT2D eigenvalue weighted by atomic mass is 16.5. The minimum Gasteiger partial charge on any atom is -0.508 e. The van der Waals surface area contributed by atoms with Gasteiger partial charge in [-0.25, -0.2) is 0 Å². The van der Waals surface area contributed by atoms with Crippen LogP contribution in [0.5, 0.6) is 11.8 Å². The summed E-state index contributed by atoms with van der Waals surface area (Å²) in [6, 6.07) is 11.9. The average Bonchev–Trinajstić information content (AvgIpc) is 2.94. The number of fused-ring (bicyclic) bond motifs is 2. The molecule has 5 rings (SSSR count). The number of hydrogen-bond donors (Lipinski definition) is 2. The molecular formula is C29H36N6O4. The van der Waals surface area contributed by atoms with Gasteiger partial charge < -0.3 is 34.5 Å². The number of aliphatic hydroxyl groups excluding tert-OH is 1. The maximum Gasteiger partial charge on any atom is 0.318 e. The third-order valence-corrected chi connectivity index (χ3v) is 7.35. The van der Waals surface area contributed by atoms with Crippen LogP contribution < -0.4 is 14.5 Å². The molecule has 0 spiro atoms. The predicted molar refractivity (Wildman–Crippen MR) is 151 cm³/mol. The van der Waals surface area contributed by atoms with Gasteiger partial charge in [0.25, 0.3) is 0 Å². The normalized spacial score (nSPS) is 17.7. The van der Waals surface area contributed by atoms with Gasteiger partial charge in [-0.1, -0.05) is 24.3 Å². The number of aromatic hydroxyl groups is 1. The third-order valence-electron chi connectivity index (χ3n) is 7.35. The second kappa shape index (κ2) is 11.9. The number of likely N-dealkylation sites (N-methyl/N-ethyl adjacent to an activating group) is 1. The highest BCUT2D eigenvalue weighted by molar-refractivity contribution is 5.95. The van der Waals surface area contributed by atoms with Gasteiger partial charge >= 0.3 is 6.01 Å². The number of ether oxygens (including phenoxy) is 1. The van der Waals surface area contributed by atoms with E-state index in [1.807, 2.05) is 48.2 Å². The van der Waals surface area contributed by atoms with Gasteiger partial charge in [-0.3, -0.25) is 4.79 Å². The number of allylic oxidation sites excluding steroid dienone is 1. The topological polar surface area (TPSA) is 106 Å². The van der Waals surface area contributed by atoms with Crippen molar-refractivity contribution < 1.29 is 19.7 Å². The molecular weight excluding hydrogens is 496 g/mol. The van der Waals surface area contributed by atoms with Crippen LogP contribution in [0.2, 0.25) is 0 Å². The highest BCUT2D eigenvalue weighted by Crippen LogP contribution is 2.36. The van der Waals surface area contributed by atoms with E-state index in [-0.39, 0.29) is 18.4 Å². The second-order valence-corrected chi connectivity index (χ2v) is 10.3. The van der Waals surface area contributed by atoms with Crippen molar-refractivity contribution in [2.24, 2.45) is 0 Å². The molecule has 3 aromatic rings. The van der Waals surface area contributed by atoms with Crippen molar-refractivity contribution in [3.05, 3.63) is 59.9 Å². The zero-order valence-electron chi connectivity index (χ0n) is 22.5. The van der Waals surface area contributed by atoms with Gasteiger partial charge in [-0.05, 0) is 38.0 Å². The number of rotatable bonds is 9. The van der Waals surface area contributed by atoms with E-state index in [1.165, 1.54) is 6.08 Å². The summed E-state index contributed by atoms with van der Waals surface area (Å²) in [5, 5.41) is 22.6. The Labute approximate surface area is 228 Å². The molecule has 0 radical (unpaired) electrons. The molecule has 0 amide bonds. The number of aromatic nitrogens is 2. The molecule has 206 valence electrons. The number of nitrogens with zero attached hydrogens (tertiary/aromatic N) is 6. The number of carbonyl (C=O) groups is 1. The Hall–Kier alpha value is -3.89. The van der Waals surface area contributed by atoms with Crippen molar-refractivity contribution >= 4 is 28.6 Å². The van der Waals surface area contributed by atoms with E-state index in [0.717, 1.165) is 59.3 Å². The van der Waals surface area contributed by atoms with Gasteiger partial charge in [0, 0.05) is 61.6 Å². The molecule has 0 aliphatic carbocycles. The summed E-state index contributed by atoms with van der Waals surface area (Å²) < 4.78 is 6.01. The first-order valence-electron chi connectivity index (χ1n) is 13.3. The zero-order chi connectivity index (χ0) is 27.4. The van der Waals surface area contributed by atoms with Crippen LogP contribution in [0.3, 0.4) is 0 Å². The molecule has 0 saturated carbocycles. The van der Waals surface area contributed by atoms with E-state index in [1.54, 1.807) is 12.3 Å². The quantitative estimate of drug-likeness (QED) is 0.314. The van der Waals surface area contributed by atoms with Crippen LogP contribution in [-0.4, -0.2) is 102 Å². The monoisotopic (exact) mass is 532 g/mol. The summed E-state index contributed by atoms with van der Waals surface area (Å²) in [5.74, 6) is 1.08. The van der Waals surface area contributed by atoms with E-state index in [2.05, 4.69) is 15.9 Å². The lowest BCUT2D eigenvalue weighted by atomic mass is 10.0. The minimum atomic E-state index is -0.155. The number of anilines is 2. The molecule has 10 nitrogen and oxygen atoms in total. The molecule has 1 fully saturated rings. The van der Waals surface area contributed by atoms with E-state index >= 15 is 0 Å². The van der Waals surface area contributed by atoms with Gasteiger partial charge in [-0.15, -0.1) is 0 Å². The van der Waals surface area contributed by atoms with Crippen molar-refractivity contribution in [2.45, 2.75) is 19.0 Å². The molecule has 10 heteroatoms. The number of piperazine rings is 1. The number of benzene rings is 2. The van der Waals surface area contributed by atoms with Crippen LogP contribution in [0.1, 0.15) is 11.3 Å². The summed E-state index contributed by atoms with van der Waals surface area (Å²) in [4.78, 5) is 29.1. The fourth-order valence-corrected chi connectivity index (χ4v) is 5.34. The summed E-state index contributed by atoms with van der Waals surface area (Å²) in [6.45, 7) is 4.42. The van der Waals surface area contributed by atoms with Crippen LogP contribution in [-0.2, 0) is 17.8 Å². The van der Waals surface area contributed by atoms with E-state index in [4.69, 9.17) is 14.7 Å². The SMILES string of the molecule is CN(C)CCOc1nc2c(c(N3CCN(C=CC=O)[C@H](CO)C3)n1)CCN(c1cc(O)cc3ccccc13)C2. The number of aldehydes is 1. The smallest absolute Gasteiger partial charge is 0.318 e. The fourth-order valence-electron chi connectivity index (χ4n) is 5.34. The van der Waals surface area contributed by atoms with Gasteiger partial charge in [0.15, 0.2) is 0 Å². The molecule has 2 aromatic carbocycles. The molecule has 0 unspecified atom stereocenters. The third kappa shape index (κ3) is 5.91. The van der Waals surface area contributed by atoms with Gasteiger partial charge in [0.2, 0.25) is 0 Å². The van der Waals surface area contributed by atoms with Crippen LogP contribution >= 0.6 is 0 Å². The Morgan fingerprint density at radius 3 is 2.77 bits per heavy atom. The van der Waals surface area contributed by atoms with E-state index in [9.17, 15) is 15.0 Å². The maximum absolute atomic E-state index is 10.8. The molecule has 3 heterocycles. The Balaban J connectivity index is 1.47. The molecule has 2 aliphatic heterocycles. The molecule has 1 atom stereocenters. The predicted octanol–water partition coefficient (Wildman–Crippen LogP) is 2.03. The molecule has 1 aromatic heterocycles. The van der Waals surface area contributed by atoms with Gasteiger partial charge in [0.1, 0.15) is 24.5 Å². The Bertz CT molecular complexity index is 1350. The molecule has 2 N–H and O–H groups in total. The summed E-state index contributed by atoms with van der Waals surface area (Å²) in [5.41, 5.74) is 2.97. The highest BCUT2D eigenvalue weighted by Gasteiger charge is 2.31. The maximum atomic E-state index is 10.8. The van der Waals surface area contributed by atoms with Crippen molar-refractivity contribution in [3.63, 3.8) is 0 Å². The number of hydrogen-bond acceptors (Lipinski definition) is 10. The Morgan fingerprint density at radius 1 is 1.13 bits per heavy atom. The van der Waals surface area contributed by atoms with Crippen molar-refractivity contribution in [2.75, 3.05) is 69.8 Å². The minimum absolute atomic E-state index is 0.0302.